The molecule has 2 amide bonds. The van der Waals surface area contributed by atoms with E-state index in [1.54, 1.807) is 13.8 Å². The van der Waals surface area contributed by atoms with Gasteiger partial charge in [-0.2, -0.15) is 0 Å². The smallest absolute Gasteiger partial charge is 0.257 e. The minimum Gasteiger partial charge on any atom is -0.352 e. The van der Waals surface area contributed by atoms with E-state index in [1.165, 1.54) is 6.07 Å². The molecule has 0 aliphatic rings. The monoisotopic (exact) mass is 368 g/mol. The second-order valence-electron chi connectivity index (χ2n) is 7.53. The zero-order valence-corrected chi connectivity index (χ0v) is 16.2. The normalized spacial score (nSPS) is 13.6. The third-order valence-corrected chi connectivity index (χ3v) is 4.23. The Morgan fingerprint density at radius 1 is 0.962 bits per heavy atom. The van der Waals surface area contributed by atoms with E-state index in [0.717, 1.165) is 31.4 Å². The molecule has 0 heterocycles. The van der Waals surface area contributed by atoms with Crippen molar-refractivity contribution in [1.82, 2.24) is 10.6 Å². The Morgan fingerprint density at radius 2 is 1.54 bits per heavy atom. The Bertz CT molecular complexity index is 598. The summed E-state index contributed by atoms with van der Waals surface area (Å²) in [6.07, 6.45) is 2.92. The lowest BCUT2D eigenvalue weighted by molar-refractivity contribution is -0.124. The molecule has 0 spiro atoms. The van der Waals surface area contributed by atoms with Crippen molar-refractivity contribution in [2.45, 2.75) is 66.0 Å². The molecule has 4 nitrogen and oxygen atoms in total. The molecule has 0 aliphatic carbocycles. The summed E-state index contributed by atoms with van der Waals surface area (Å²) >= 11 is 0. The van der Waals surface area contributed by atoms with E-state index in [0.29, 0.717) is 5.92 Å². The van der Waals surface area contributed by atoms with Crippen LogP contribution >= 0.6 is 0 Å². The average Bonchev–Trinajstić information content (AvgIpc) is 2.51. The highest BCUT2D eigenvalue weighted by Gasteiger charge is 2.27. The molecule has 26 heavy (non-hydrogen) atoms. The summed E-state index contributed by atoms with van der Waals surface area (Å²) in [6.45, 7) is 9.75. The van der Waals surface area contributed by atoms with Crippen LogP contribution in [-0.4, -0.2) is 23.9 Å². The topological polar surface area (TPSA) is 58.2 Å². The summed E-state index contributed by atoms with van der Waals surface area (Å²) in [5.41, 5.74) is -0.670. The highest BCUT2D eigenvalue weighted by molar-refractivity contribution is 5.98. The van der Waals surface area contributed by atoms with Gasteiger partial charge in [0.05, 0.1) is 0 Å². The molecule has 1 rings (SSSR count). The molecule has 6 heteroatoms. The molecule has 2 N–H and O–H groups in total. The molecule has 0 aliphatic heterocycles. The van der Waals surface area contributed by atoms with Crippen molar-refractivity contribution in [1.29, 1.82) is 0 Å². The first-order chi connectivity index (χ1) is 12.1. The van der Waals surface area contributed by atoms with Crippen molar-refractivity contribution in [3.8, 4) is 0 Å². The van der Waals surface area contributed by atoms with Crippen LogP contribution < -0.4 is 10.6 Å². The zero-order chi connectivity index (χ0) is 19.9. The van der Waals surface area contributed by atoms with Crippen LogP contribution in [0.2, 0.25) is 0 Å². The van der Waals surface area contributed by atoms with E-state index in [9.17, 15) is 18.4 Å². The first-order valence-electron chi connectivity index (χ1n) is 9.18. The van der Waals surface area contributed by atoms with Gasteiger partial charge in [-0.25, -0.2) is 8.78 Å². The van der Waals surface area contributed by atoms with Crippen LogP contribution in [0.15, 0.2) is 18.2 Å². The molecule has 0 bridgehead atoms. The zero-order valence-electron chi connectivity index (χ0n) is 16.2. The number of hydrogen-bond acceptors (Lipinski definition) is 2. The van der Waals surface area contributed by atoms with Crippen molar-refractivity contribution >= 4 is 11.8 Å². The lowest BCUT2D eigenvalue weighted by atomic mass is 10.0. The molecule has 0 saturated heterocycles. The number of rotatable bonds is 9. The van der Waals surface area contributed by atoms with Crippen LogP contribution in [0.25, 0.3) is 0 Å². The number of halogens is 2. The molecular weight excluding hydrogens is 338 g/mol. The third-order valence-electron chi connectivity index (χ3n) is 4.23. The van der Waals surface area contributed by atoms with Crippen molar-refractivity contribution in [2.24, 2.45) is 11.8 Å². The standard InChI is InChI=1S/C20H30F2N2O2/c1-12(2)8-6-9-14(5)23-20(26)18(13(3)4)24-19(25)17-15(21)10-7-11-16(17)22/h7,10-14,18H,6,8-9H2,1-5H3,(H,23,26)(H,24,25). The molecule has 1 aromatic carbocycles. The van der Waals surface area contributed by atoms with Gasteiger partial charge in [-0.1, -0.05) is 46.6 Å². The molecule has 0 radical (unpaired) electrons. The Balaban J connectivity index is 2.73. The fourth-order valence-electron chi connectivity index (χ4n) is 2.70. The summed E-state index contributed by atoms with van der Waals surface area (Å²) in [6, 6.07) is 2.31. The number of hydrogen-bond donors (Lipinski definition) is 2. The van der Waals surface area contributed by atoms with Crippen molar-refractivity contribution in [3.05, 3.63) is 35.4 Å². The Morgan fingerprint density at radius 3 is 2.04 bits per heavy atom. The van der Waals surface area contributed by atoms with Crippen molar-refractivity contribution in [2.75, 3.05) is 0 Å². The Labute approximate surface area is 154 Å². The van der Waals surface area contributed by atoms with Crippen LogP contribution in [0, 0.1) is 23.5 Å². The van der Waals surface area contributed by atoms with Crippen molar-refractivity contribution in [3.63, 3.8) is 0 Å². The van der Waals surface area contributed by atoms with Gasteiger partial charge in [0.15, 0.2) is 0 Å². The van der Waals surface area contributed by atoms with Gasteiger partial charge in [0.1, 0.15) is 23.2 Å². The van der Waals surface area contributed by atoms with E-state index in [2.05, 4.69) is 24.5 Å². The quantitative estimate of drug-likeness (QED) is 0.691. The SMILES string of the molecule is CC(C)CCCC(C)NC(=O)C(NC(=O)c1c(F)cccc1F)C(C)C. The first-order valence-corrected chi connectivity index (χ1v) is 9.18. The van der Waals surface area contributed by atoms with Crippen LogP contribution in [-0.2, 0) is 4.79 Å². The van der Waals surface area contributed by atoms with Gasteiger partial charge >= 0.3 is 0 Å². The molecule has 1 aromatic rings. The van der Waals surface area contributed by atoms with Gasteiger partial charge < -0.3 is 10.6 Å². The molecule has 0 fully saturated rings. The average molecular weight is 368 g/mol. The van der Waals surface area contributed by atoms with E-state index < -0.39 is 29.1 Å². The largest absolute Gasteiger partial charge is 0.352 e. The van der Waals surface area contributed by atoms with Crippen LogP contribution in [0.5, 0.6) is 0 Å². The van der Waals surface area contributed by atoms with Gasteiger partial charge in [0, 0.05) is 6.04 Å². The molecule has 2 atom stereocenters. The minimum absolute atomic E-state index is 0.0374. The van der Waals surface area contributed by atoms with Crippen LogP contribution in [0.3, 0.4) is 0 Å². The fraction of sp³-hybridized carbons (Fsp3) is 0.600. The summed E-state index contributed by atoms with van der Waals surface area (Å²) in [7, 11) is 0. The molecule has 0 aromatic heterocycles. The summed E-state index contributed by atoms with van der Waals surface area (Å²) in [5.74, 6) is -2.79. The predicted molar refractivity (Wildman–Crippen MR) is 98.7 cm³/mol. The molecule has 2 unspecified atom stereocenters. The van der Waals surface area contributed by atoms with E-state index in [-0.39, 0.29) is 17.9 Å². The van der Waals surface area contributed by atoms with Gasteiger partial charge in [-0.15, -0.1) is 0 Å². The predicted octanol–water partition coefficient (Wildman–Crippen LogP) is 4.05. The Kier molecular flexibility index (Phi) is 8.69. The maximum Gasteiger partial charge on any atom is 0.257 e. The minimum atomic E-state index is -0.951. The third kappa shape index (κ3) is 6.73. The molecule has 0 saturated carbocycles. The lowest BCUT2D eigenvalue weighted by Gasteiger charge is -2.24. The number of carbonyl (C=O) groups is 2. The van der Waals surface area contributed by atoms with Gasteiger partial charge in [0.2, 0.25) is 5.91 Å². The number of nitrogens with one attached hydrogen (secondary N) is 2. The van der Waals surface area contributed by atoms with Gasteiger partial charge in [0.25, 0.3) is 5.91 Å². The van der Waals surface area contributed by atoms with Crippen molar-refractivity contribution < 1.29 is 18.4 Å². The number of amides is 2. The lowest BCUT2D eigenvalue weighted by Crippen LogP contribution is -2.51. The maximum absolute atomic E-state index is 13.8. The van der Waals surface area contributed by atoms with E-state index in [1.807, 2.05) is 6.92 Å². The number of carbonyl (C=O) groups excluding carboxylic acids is 2. The van der Waals surface area contributed by atoms with Gasteiger partial charge in [-0.3, -0.25) is 9.59 Å². The highest BCUT2D eigenvalue weighted by Crippen LogP contribution is 2.14. The summed E-state index contributed by atoms with van der Waals surface area (Å²) < 4.78 is 27.5. The molecule has 146 valence electrons. The van der Waals surface area contributed by atoms with Crippen LogP contribution in [0.4, 0.5) is 8.78 Å². The second kappa shape index (κ2) is 10.2. The summed E-state index contributed by atoms with van der Waals surface area (Å²) in [5, 5.41) is 5.34. The molecular formula is C20H30F2N2O2. The van der Waals surface area contributed by atoms with E-state index in [4.69, 9.17) is 0 Å². The first kappa shape index (κ1) is 22.1. The number of benzene rings is 1. The Hall–Kier alpha value is -1.98. The van der Waals surface area contributed by atoms with Gasteiger partial charge in [-0.05, 0) is 37.3 Å². The van der Waals surface area contributed by atoms with Crippen LogP contribution in [0.1, 0.15) is 64.2 Å². The van der Waals surface area contributed by atoms with E-state index >= 15 is 0 Å². The fourth-order valence-corrected chi connectivity index (χ4v) is 2.70. The maximum atomic E-state index is 13.8. The summed E-state index contributed by atoms with van der Waals surface area (Å²) in [4.78, 5) is 24.8. The highest BCUT2D eigenvalue weighted by atomic mass is 19.1. The second-order valence-corrected chi connectivity index (χ2v) is 7.53.